The SMILES string of the molecule is Cc1nc(C2CCCCN2C(=O)CN2CCCC2=O)nc2c1CCCN2Cc1ccccn1. The van der Waals surface area contributed by atoms with Crippen molar-refractivity contribution in [1.29, 1.82) is 0 Å². The molecule has 33 heavy (non-hydrogen) atoms. The highest BCUT2D eigenvalue weighted by Crippen LogP contribution is 2.34. The number of likely N-dealkylation sites (tertiary alicyclic amines) is 2. The lowest BCUT2D eigenvalue weighted by Crippen LogP contribution is -2.45. The Balaban J connectivity index is 1.41. The molecular formula is C25H32N6O2. The van der Waals surface area contributed by atoms with Crippen LogP contribution in [0.25, 0.3) is 0 Å². The van der Waals surface area contributed by atoms with E-state index >= 15 is 0 Å². The molecule has 1 atom stereocenters. The Morgan fingerprint density at radius 2 is 1.88 bits per heavy atom. The van der Waals surface area contributed by atoms with Crippen molar-refractivity contribution >= 4 is 17.6 Å². The van der Waals surface area contributed by atoms with Crippen molar-refractivity contribution in [2.24, 2.45) is 0 Å². The summed E-state index contributed by atoms with van der Waals surface area (Å²) in [4.78, 5) is 45.7. The lowest BCUT2D eigenvalue weighted by Gasteiger charge is -2.37. The second-order valence-electron chi connectivity index (χ2n) is 9.33. The predicted octanol–water partition coefficient (Wildman–Crippen LogP) is 2.81. The first-order valence-corrected chi connectivity index (χ1v) is 12.2. The van der Waals surface area contributed by atoms with Gasteiger partial charge in [0, 0.05) is 43.5 Å². The van der Waals surface area contributed by atoms with Crippen molar-refractivity contribution in [3.63, 3.8) is 0 Å². The third-order valence-corrected chi connectivity index (χ3v) is 7.06. The summed E-state index contributed by atoms with van der Waals surface area (Å²) in [5.41, 5.74) is 3.23. The number of rotatable bonds is 5. The van der Waals surface area contributed by atoms with Gasteiger partial charge in [0.1, 0.15) is 5.82 Å². The molecule has 0 aromatic carbocycles. The van der Waals surface area contributed by atoms with Crippen LogP contribution >= 0.6 is 0 Å². The zero-order valence-electron chi connectivity index (χ0n) is 19.4. The number of carbonyl (C=O) groups excluding carboxylic acids is 2. The molecule has 3 aliphatic heterocycles. The van der Waals surface area contributed by atoms with E-state index in [-0.39, 0.29) is 24.4 Å². The van der Waals surface area contributed by atoms with E-state index in [1.165, 1.54) is 5.56 Å². The maximum atomic E-state index is 13.2. The third-order valence-electron chi connectivity index (χ3n) is 7.06. The fourth-order valence-corrected chi connectivity index (χ4v) is 5.32. The Labute approximate surface area is 195 Å². The number of carbonyl (C=O) groups is 2. The van der Waals surface area contributed by atoms with Gasteiger partial charge in [0.25, 0.3) is 0 Å². The van der Waals surface area contributed by atoms with Crippen LogP contribution in [0, 0.1) is 6.92 Å². The molecule has 0 spiro atoms. The van der Waals surface area contributed by atoms with Gasteiger partial charge >= 0.3 is 0 Å². The van der Waals surface area contributed by atoms with Crippen LogP contribution in [-0.2, 0) is 22.6 Å². The molecule has 3 aliphatic rings. The monoisotopic (exact) mass is 448 g/mol. The van der Waals surface area contributed by atoms with Crippen LogP contribution in [0.3, 0.4) is 0 Å². The van der Waals surface area contributed by atoms with Crippen LogP contribution in [-0.4, -0.2) is 62.7 Å². The molecule has 2 amide bonds. The van der Waals surface area contributed by atoms with Gasteiger partial charge in [0.05, 0.1) is 24.8 Å². The molecule has 174 valence electrons. The first-order chi connectivity index (χ1) is 16.1. The number of amides is 2. The summed E-state index contributed by atoms with van der Waals surface area (Å²) in [6, 6.07) is 5.86. The summed E-state index contributed by atoms with van der Waals surface area (Å²) < 4.78 is 0. The number of aryl methyl sites for hydroxylation is 1. The molecule has 2 aromatic heterocycles. The van der Waals surface area contributed by atoms with Gasteiger partial charge in [0.2, 0.25) is 11.8 Å². The first-order valence-electron chi connectivity index (χ1n) is 12.2. The quantitative estimate of drug-likeness (QED) is 0.700. The van der Waals surface area contributed by atoms with Crippen LogP contribution in [0.4, 0.5) is 5.82 Å². The smallest absolute Gasteiger partial charge is 0.242 e. The molecule has 2 fully saturated rings. The summed E-state index contributed by atoms with van der Waals surface area (Å²) in [5, 5.41) is 0. The standard InChI is InChI=1S/C25H32N6O2/c1-18-20-9-6-14-30(16-19-8-2-4-12-26-19)25(20)28-24(27-18)21-10-3-5-15-31(21)23(33)17-29-13-7-11-22(29)32/h2,4,8,12,21H,3,5-7,9-11,13-17H2,1H3. The second-order valence-corrected chi connectivity index (χ2v) is 9.33. The fraction of sp³-hybridized carbons (Fsp3) is 0.560. The Morgan fingerprint density at radius 3 is 2.67 bits per heavy atom. The highest BCUT2D eigenvalue weighted by molar-refractivity contribution is 5.86. The molecular weight excluding hydrogens is 416 g/mol. The van der Waals surface area contributed by atoms with E-state index in [9.17, 15) is 9.59 Å². The minimum absolute atomic E-state index is 0.0132. The van der Waals surface area contributed by atoms with E-state index < -0.39 is 0 Å². The molecule has 8 heteroatoms. The lowest BCUT2D eigenvalue weighted by atomic mass is 9.99. The molecule has 0 saturated carbocycles. The number of hydrogen-bond donors (Lipinski definition) is 0. The van der Waals surface area contributed by atoms with Crippen molar-refractivity contribution in [2.75, 3.05) is 31.1 Å². The molecule has 0 bridgehead atoms. The van der Waals surface area contributed by atoms with Crippen LogP contribution < -0.4 is 4.90 Å². The summed E-state index contributed by atoms with van der Waals surface area (Å²) in [6.45, 7) is 5.26. The molecule has 0 radical (unpaired) electrons. The van der Waals surface area contributed by atoms with Crippen molar-refractivity contribution in [2.45, 2.75) is 64.5 Å². The van der Waals surface area contributed by atoms with Crippen molar-refractivity contribution < 1.29 is 9.59 Å². The molecule has 5 rings (SSSR count). The molecule has 2 aromatic rings. The maximum Gasteiger partial charge on any atom is 0.242 e. The third kappa shape index (κ3) is 4.56. The van der Waals surface area contributed by atoms with Gasteiger partial charge in [0.15, 0.2) is 5.82 Å². The molecule has 2 saturated heterocycles. The van der Waals surface area contributed by atoms with Crippen molar-refractivity contribution in [3.05, 3.63) is 47.2 Å². The summed E-state index contributed by atoms with van der Waals surface area (Å²) in [6.07, 6.45) is 8.16. The van der Waals surface area contributed by atoms with Crippen LogP contribution in [0.5, 0.6) is 0 Å². The van der Waals surface area contributed by atoms with E-state index in [1.54, 1.807) is 4.90 Å². The summed E-state index contributed by atoms with van der Waals surface area (Å²) in [7, 11) is 0. The minimum atomic E-state index is -0.133. The number of anilines is 1. The fourth-order valence-electron chi connectivity index (χ4n) is 5.32. The highest BCUT2D eigenvalue weighted by atomic mass is 16.2. The Kier molecular flexibility index (Phi) is 6.24. The van der Waals surface area contributed by atoms with Gasteiger partial charge in [-0.05, 0) is 57.6 Å². The second kappa shape index (κ2) is 9.45. The summed E-state index contributed by atoms with van der Waals surface area (Å²) >= 11 is 0. The number of aromatic nitrogens is 3. The van der Waals surface area contributed by atoms with Crippen LogP contribution in [0.15, 0.2) is 24.4 Å². The van der Waals surface area contributed by atoms with Gasteiger partial charge in [-0.2, -0.15) is 0 Å². The molecule has 1 unspecified atom stereocenters. The number of nitrogens with zero attached hydrogens (tertiary/aromatic N) is 6. The largest absolute Gasteiger partial charge is 0.350 e. The lowest BCUT2D eigenvalue weighted by molar-refractivity contribution is -0.141. The van der Waals surface area contributed by atoms with Crippen LogP contribution in [0.2, 0.25) is 0 Å². The molecule has 8 nitrogen and oxygen atoms in total. The average molecular weight is 449 g/mol. The molecule has 0 aliphatic carbocycles. The van der Waals surface area contributed by atoms with Gasteiger partial charge in [-0.25, -0.2) is 9.97 Å². The van der Waals surface area contributed by atoms with E-state index in [1.807, 2.05) is 29.3 Å². The first kappa shape index (κ1) is 21.8. The minimum Gasteiger partial charge on any atom is -0.350 e. The van der Waals surface area contributed by atoms with Crippen LogP contribution in [0.1, 0.15) is 67.3 Å². The zero-order valence-corrected chi connectivity index (χ0v) is 19.4. The Hall–Kier alpha value is -3.03. The number of piperidine rings is 1. The Morgan fingerprint density at radius 1 is 1.03 bits per heavy atom. The summed E-state index contributed by atoms with van der Waals surface area (Å²) in [5.74, 6) is 1.82. The average Bonchev–Trinajstić information content (AvgIpc) is 3.24. The zero-order chi connectivity index (χ0) is 22.8. The molecule has 0 N–H and O–H groups in total. The van der Waals surface area contributed by atoms with Crippen molar-refractivity contribution in [3.8, 4) is 0 Å². The number of fused-ring (bicyclic) bond motifs is 1. The van der Waals surface area contributed by atoms with E-state index in [4.69, 9.17) is 9.97 Å². The topological polar surface area (TPSA) is 82.5 Å². The maximum absolute atomic E-state index is 13.2. The van der Waals surface area contributed by atoms with Gasteiger partial charge in [-0.1, -0.05) is 6.07 Å². The van der Waals surface area contributed by atoms with Gasteiger partial charge in [-0.15, -0.1) is 0 Å². The van der Waals surface area contributed by atoms with Gasteiger partial charge in [-0.3, -0.25) is 14.6 Å². The van der Waals surface area contributed by atoms with E-state index in [0.717, 1.165) is 68.1 Å². The van der Waals surface area contributed by atoms with E-state index in [2.05, 4.69) is 16.8 Å². The predicted molar refractivity (Wildman–Crippen MR) is 124 cm³/mol. The normalized spacial score (nSPS) is 20.8. The Bertz CT molecular complexity index is 1030. The number of hydrogen-bond acceptors (Lipinski definition) is 6. The highest BCUT2D eigenvalue weighted by Gasteiger charge is 2.34. The van der Waals surface area contributed by atoms with E-state index in [0.29, 0.717) is 26.1 Å². The van der Waals surface area contributed by atoms with Crippen molar-refractivity contribution in [1.82, 2.24) is 24.8 Å². The number of pyridine rings is 1. The van der Waals surface area contributed by atoms with Gasteiger partial charge < -0.3 is 14.7 Å². The molecule has 5 heterocycles.